The molecular formula is C17H20N2O2. The maximum absolute atomic E-state index is 5.79. The molecule has 110 valence electrons. The minimum absolute atomic E-state index is 0.279. The third kappa shape index (κ3) is 2.49. The number of nitrogens with zero attached hydrogens (tertiary/aromatic N) is 1. The van der Waals surface area contributed by atoms with Crippen molar-refractivity contribution in [2.75, 3.05) is 18.5 Å². The van der Waals surface area contributed by atoms with Crippen molar-refractivity contribution < 1.29 is 9.47 Å². The average Bonchev–Trinajstić information content (AvgIpc) is 2.99. The van der Waals surface area contributed by atoms with Gasteiger partial charge in [-0.2, -0.15) is 0 Å². The molecule has 0 atom stereocenters. The van der Waals surface area contributed by atoms with Crippen LogP contribution in [0.15, 0.2) is 36.5 Å². The Kier molecular flexibility index (Phi) is 3.28. The van der Waals surface area contributed by atoms with Gasteiger partial charge in [0.1, 0.15) is 0 Å². The van der Waals surface area contributed by atoms with E-state index in [9.17, 15) is 0 Å². The Hall–Kier alpha value is -1.65. The molecule has 1 aliphatic carbocycles. The predicted octanol–water partition coefficient (Wildman–Crippen LogP) is 3.33. The van der Waals surface area contributed by atoms with Crippen LogP contribution in [0.4, 0.5) is 5.69 Å². The molecule has 0 unspecified atom stereocenters. The first-order valence-corrected chi connectivity index (χ1v) is 7.73. The molecule has 0 bridgehead atoms. The minimum Gasteiger partial charge on any atom is -0.382 e. The van der Waals surface area contributed by atoms with Gasteiger partial charge >= 0.3 is 0 Å². The standard InChI is InChI=1S/C17H20N2O2/c1-4-15-14(3-2-10-18-15)16(5-1)19-13-6-8-17(9-7-13)20-11-12-21-17/h1-5,10,13,19H,6-9,11-12H2. The fourth-order valence-electron chi connectivity index (χ4n) is 3.44. The number of hydrogen-bond donors (Lipinski definition) is 1. The molecule has 1 aromatic carbocycles. The van der Waals surface area contributed by atoms with Crippen molar-refractivity contribution in [3.8, 4) is 0 Å². The van der Waals surface area contributed by atoms with Gasteiger partial charge in [0.25, 0.3) is 0 Å². The summed E-state index contributed by atoms with van der Waals surface area (Å²) in [4.78, 5) is 4.41. The van der Waals surface area contributed by atoms with Gasteiger partial charge in [-0.25, -0.2) is 0 Å². The second kappa shape index (κ2) is 5.28. The summed E-state index contributed by atoms with van der Waals surface area (Å²) in [6.07, 6.45) is 5.96. The Bertz CT molecular complexity index is 622. The lowest BCUT2D eigenvalue weighted by atomic mass is 9.90. The van der Waals surface area contributed by atoms with Gasteiger partial charge in [-0.05, 0) is 37.1 Å². The zero-order chi connectivity index (χ0) is 14.1. The Balaban J connectivity index is 1.49. The summed E-state index contributed by atoms with van der Waals surface area (Å²) in [5.74, 6) is -0.279. The fraction of sp³-hybridized carbons (Fsp3) is 0.471. The van der Waals surface area contributed by atoms with Crippen molar-refractivity contribution in [3.05, 3.63) is 36.5 Å². The molecular weight excluding hydrogens is 264 g/mol. The summed E-state index contributed by atoms with van der Waals surface area (Å²) in [6.45, 7) is 1.49. The molecule has 21 heavy (non-hydrogen) atoms. The number of anilines is 1. The first-order valence-electron chi connectivity index (χ1n) is 7.73. The van der Waals surface area contributed by atoms with Crippen molar-refractivity contribution in [3.63, 3.8) is 0 Å². The summed E-state index contributed by atoms with van der Waals surface area (Å²) >= 11 is 0. The van der Waals surface area contributed by atoms with Crippen molar-refractivity contribution >= 4 is 16.6 Å². The van der Waals surface area contributed by atoms with E-state index in [1.165, 1.54) is 11.1 Å². The van der Waals surface area contributed by atoms with Crippen LogP contribution in [0, 0.1) is 0 Å². The maximum atomic E-state index is 5.79. The van der Waals surface area contributed by atoms with Crippen LogP contribution in [-0.2, 0) is 9.47 Å². The molecule has 1 saturated heterocycles. The molecule has 2 fully saturated rings. The molecule has 1 aromatic heterocycles. The summed E-state index contributed by atoms with van der Waals surface area (Å²) in [7, 11) is 0. The van der Waals surface area contributed by atoms with E-state index in [0.717, 1.165) is 44.4 Å². The van der Waals surface area contributed by atoms with E-state index in [2.05, 4.69) is 34.6 Å². The normalized spacial score (nSPS) is 21.9. The highest BCUT2D eigenvalue weighted by Crippen LogP contribution is 2.37. The van der Waals surface area contributed by atoms with Gasteiger partial charge in [-0.15, -0.1) is 0 Å². The van der Waals surface area contributed by atoms with Crippen molar-refractivity contribution in [2.24, 2.45) is 0 Å². The SMILES string of the molecule is c1cc(NC2CCC3(CC2)OCCO3)c2cccnc2c1. The fourth-order valence-corrected chi connectivity index (χ4v) is 3.44. The smallest absolute Gasteiger partial charge is 0.168 e. The predicted molar refractivity (Wildman–Crippen MR) is 82.3 cm³/mol. The zero-order valence-corrected chi connectivity index (χ0v) is 12.0. The Morgan fingerprint density at radius 1 is 1.05 bits per heavy atom. The molecule has 2 aromatic rings. The largest absolute Gasteiger partial charge is 0.382 e. The average molecular weight is 284 g/mol. The van der Waals surface area contributed by atoms with Crippen LogP contribution < -0.4 is 5.32 Å². The summed E-state index contributed by atoms with van der Waals surface area (Å²) in [5, 5.41) is 4.87. The molecule has 0 amide bonds. The molecule has 1 spiro atoms. The number of benzene rings is 1. The van der Waals surface area contributed by atoms with Crippen LogP contribution in [0.2, 0.25) is 0 Å². The highest BCUT2D eigenvalue weighted by Gasteiger charge is 2.40. The van der Waals surface area contributed by atoms with Crippen LogP contribution in [0.25, 0.3) is 10.9 Å². The van der Waals surface area contributed by atoms with Gasteiger partial charge in [0, 0.05) is 36.2 Å². The van der Waals surface area contributed by atoms with E-state index in [1.54, 1.807) is 0 Å². The monoisotopic (exact) mass is 284 g/mol. The van der Waals surface area contributed by atoms with Gasteiger partial charge in [-0.3, -0.25) is 4.98 Å². The third-order valence-electron chi connectivity index (χ3n) is 4.57. The number of nitrogens with one attached hydrogen (secondary N) is 1. The number of pyridine rings is 1. The first-order chi connectivity index (χ1) is 10.3. The molecule has 4 nitrogen and oxygen atoms in total. The van der Waals surface area contributed by atoms with E-state index >= 15 is 0 Å². The number of hydrogen-bond acceptors (Lipinski definition) is 4. The Morgan fingerprint density at radius 2 is 1.86 bits per heavy atom. The van der Waals surface area contributed by atoms with Crippen LogP contribution >= 0.6 is 0 Å². The van der Waals surface area contributed by atoms with Crippen LogP contribution in [0.5, 0.6) is 0 Å². The van der Waals surface area contributed by atoms with Gasteiger partial charge in [0.05, 0.1) is 18.7 Å². The number of aromatic nitrogens is 1. The summed E-state index contributed by atoms with van der Waals surface area (Å²) in [6, 6.07) is 10.8. The van der Waals surface area contributed by atoms with Crippen molar-refractivity contribution in [2.45, 2.75) is 37.5 Å². The quantitative estimate of drug-likeness (QED) is 0.918. The van der Waals surface area contributed by atoms with Gasteiger partial charge in [0.2, 0.25) is 0 Å². The zero-order valence-electron chi connectivity index (χ0n) is 12.0. The summed E-state index contributed by atoms with van der Waals surface area (Å²) < 4.78 is 11.6. The molecule has 2 heterocycles. The number of fused-ring (bicyclic) bond motifs is 1. The van der Waals surface area contributed by atoms with E-state index in [1.807, 2.05) is 12.3 Å². The Labute approximate surface area is 124 Å². The van der Waals surface area contributed by atoms with Crippen molar-refractivity contribution in [1.29, 1.82) is 0 Å². The molecule has 1 N–H and O–H groups in total. The molecule has 1 aliphatic heterocycles. The highest BCUT2D eigenvalue weighted by molar-refractivity contribution is 5.91. The molecule has 2 aliphatic rings. The van der Waals surface area contributed by atoms with Gasteiger partial charge < -0.3 is 14.8 Å². The van der Waals surface area contributed by atoms with Crippen LogP contribution in [0.1, 0.15) is 25.7 Å². The highest BCUT2D eigenvalue weighted by atomic mass is 16.7. The molecule has 4 heteroatoms. The van der Waals surface area contributed by atoms with E-state index in [-0.39, 0.29) is 5.79 Å². The second-order valence-electron chi connectivity index (χ2n) is 5.90. The number of ether oxygens (including phenoxy) is 2. The van der Waals surface area contributed by atoms with Crippen LogP contribution in [0.3, 0.4) is 0 Å². The molecule has 4 rings (SSSR count). The van der Waals surface area contributed by atoms with Gasteiger partial charge in [-0.1, -0.05) is 6.07 Å². The summed E-state index contributed by atoms with van der Waals surface area (Å²) in [5.41, 5.74) is 2.21. The Morgan fingerprint density at radius 3 is 2.67 bits per heavy atom. The first kappa shape index (κ1) is 13.0. The lowest BCUT2D eigenvalue weighted by molar-refractivity contribution is -0.177. The lowest BCUT2D eigenvalue weighted by Crippen LogP contribution is -2.39. The van der Waals surface area contributed by atoms with Gasteiger partial charge in [0.15, 0.2) is 5.79 Å². The molecule has 0 radical (unpaired) electrons. The minimum atomic E-state index is -0.279. The maximum Gasteiger partial charge on any atom is 0.168 e. The van der Waals surface area contributed by atoms with E-state index < -0.39 is 0 Å². The van der Waals surface area contributed by atoms with E-state index in [4.69, 9.17) is 9.47 Å². The third-order valence-corrected chi connectivity index (χ3v) is 4.57. The van der Waals surface area contributed by atoms with E-state index in [0.29, 0.717) is 6.04 Å². The second-order valence-corrected chi connectivity index (χ2v) is 5.90. The number of rotatable bonds is 2. The van der Waals surface area contributed by atoms with Crippen LogP contribution in [-0.4, -0.2) is 30.0 Å². The van der Waals surface area contributed by atoms with Crippen molar-refractivity contribution in [1.82, 2.24) is 4.98 Å². The lowest BCUT2D eigenvalue weighted by Gasteiger charge is -2.36. The molecule has 1 saturated carbocycles. The topological polar surface area (TPSA) is 43.4 Å².